The molecule has 5 nitrogen and oxygen atoms in total. The molecule has 1 saturated heterocycles. The lowest BCUT2D eigenvalue weighted by Crippen LogP contribution is -2.45. The summed E-state index contributed by atoms with van der Waals surface area (Å²) in [5.41, 5.74) is 4.57. The Morgan fingerprint density at radius 2 is 1.67 bits per heavy atom. The third kappa shape index (κ3) is 3.72. The van der Waals surface area contributed by atoms with E-state index in [4.69, 9.17) is 4.74 Å². The Morgan fingerprint density at radius 1 is 1.00 bits per heavy atom. The molecule has 2 fully saturated rings. The number of likely N-dealkylation sites (tertiary alicyclic amines) is 1. The highest BCUT2D eigenvalue weighted by atomic mass is 16.5. The van der Waals surface area contributed by atoms with Gasteiger partial charge < -0.3 is 14.6 Å². The first kappa shape index (κ1) is 18.8. The van der Waals surface area contributed by atoms with E-state index in [0.717, 1.165) is 43.6 Å². The molecule has 4 rings (SSSR count). The highest BCUT2D eigenvalue weighted by molar-refractivity contribution is 5.77. The number of nitrogens with one attached hydrogen (secondary N) is 1. The van der Waals surface area contributed by atoms with Crippen LogP contribution in [-0.4, -0.2) is 46.3 Å². The van der Waals surface area contributed by atoms with Crippen molar-refractivity contribution in [3.05, 3.63) is 33.7 Å². The van der Waals surface area contributed by atoms with Crippen molar-refractivity contribution >= 4 is 11.0 Å². The summed E-state index contributed by atoms with van der Waals surface area (Å²) < 4.78 is 7.82. The van der Waals surface area contributed by atoms with Crippen LogP contribution in [0, 0.1) is 13.8 Å². The summed E-state index contributed by atoms with van der Waals surface area (Å²) in [6.07, 6.45) is 7.48. The maximum absolute atomic E-state index is 12.6. The van der Waals surface area contributed by atoms with Gasteiger partial charge in [-0.05, 0) is 82.6 Å². The number of benzene rings is 1. The van der Waals surface area contributed by atoms with Crippen LogP contribution in [0.3, 0.4) is 0 Å². The zero-order chi connectivity index (χ0) is 19.0. The van der Waals surface area contributed by atoms with Gasteiger partial charge >= 0.3 is 5.69 Å². The van der Waals surface area contributed by atoms with Crippen LogP contribution in [0.2, 0.25) is 0 Å². The van der Waals surface area contributed by atoms with Gasteiger partial charge in [-0.15, -0.1) is 0 Å². The fourth-order valence-corrected chi connectivity index (χ4v) is 5.07. The molecule has 1 aliphatic heterocycles. The molecule has 0 spiro atoms. The van der Waals surface area contributed by atoms with Gasteiger partial charge in [0.1, 0.15) is 0 Å². The monoisotopic (exact) mass is 371 g/mol. The van der Waals surface area contributed by atoms with E-state index in [1.807, 2.05) is 4.57 Å². The van der Waals surface area contributed by atoms with Crippen LogP contribution >= 0.6 is 0 Å². The van der Waals surface area contributed by atoms with Crippen LogP contribution < -0.4 is 5.69 Å². The summed E-state index contributed by atoms with van der Waals surface area (Å²) in [6.45, 7) is 9.34. The minimum absolute atomic E-state index is 0.0469. The van der Waals surface area contributed by atoms with Crippen molar-refractivity contribution in [2.45, 2.75) is 77.5 Å². The van der Waals surface area contributed by atoms with Crippen molar-refractivity contribution in [1.82, 2.24) is 14.5 Å². The molecule has 5 heteroatoms. The summed E-state index contributed by atoms with van der Waals surface area (Å²) >= 11 is 0. The Labute approximate surface area is 161 Å². The molecule has 2 heterocycles. The number of nitrogens with zero attached hydrogens (tertiary/aromatic N) is 2. The Hall–Kier alpha value is -1.59. The topological polar surface area (TPSA) is 50.3 Å². The number of aryl methyl sites for hydroxylation is 2. The van der Waals surface area contributed by atoms with E-state index in [2.05, 4.69) is 42.8 Å². The second kappa shape index (κ2) is 7.80. The summed E-state index contributed by atoms with van der Waals surface area (Å²) in [4.78, 5) is 18.3. The number of piperidine rings is 1. The number of aromatic nitrogens is 2. The number of hydrogen-bond donors (Lipinski definition) is 1. The molecule has 2 aromatic rings. The van der Waals surface area contributed by atoms with Crippen LogP contribution in [0.25, 0.3) is 11.0 Å². The standard InChI is InChI=1S/C22H33N3O2/c1-4-27-19-7-5-17(6-8-19)24-11-9-18(10-12-24)25-21-14-16(3)15(2)13-20(21)23-22(25)26/h13-14,17-19H,4-12H2,1-3H3,(H,23,26)/t17-,19-. The molecule has 1 aromatic heterocycles. The maximum Gasteiger partial charge on any atom is 0.326 e. The number of fused-ring (bicyclic) bond motifs is 1. The van der Waals surface area contributed by atoms with Gasteiger partial charge in [-0.2, -0.15) is 0 Å². The fourth-order valence-electron chi connectivity index (χ4n) is 5.07. The fraction of sp³-hybridized carbons (Fsp3) is 0.682. The number of imidazole rings is 1. The van der Waals surface area contributed by atoms with Crippen LogP contribution in [0.4, 0.5) is 0 Å². The lowest BCUT2D eigenvalue weighted by atomic mass is 9.90. The molecule has 1 aliphatic carbocycles. The lowest BCUT2D eigenvalue weighted by Gasteiger charge is -2.41. The Morgan fingerprint density at radius 3 is 2.33 bits per heavy atom. The van der Waals surface area contributed by atoms with Crippen LogP contribution in [-0.2, 0) is 4.74 Å². The van der Waals surface area contributed by atoms with E-state index < -0.39 is 0 Å². The van der Waals surface area contributed by atoms with Crippen molar-refractivity contribution in [2.75, 3.05) is 19.7 Å². The first-order valence-corrected chi connectivity index (χ1v) is 10.6. The molecule has 148 valence electrons. The lowest BCUT2D eigenvalue weighted by molar-refractivity contribution is 0.00796. The van der Waals surface area contributed by atoms with Crippen molar-refractivity contribution in [3.8, 4) is 0 Å². The number of rotatable bonds is 4. The molecular weight excluding hydrogens is 338 g/mol. The molecule has 0 radical (unpaired) electrons. The second-order valence-corrected chi connectivity index (χ2v) is 8.41. The van der Waals surface area contributed by atoms with E-state index in [9.17, 15) is 4.79 Å². The second-order valence-electron chi connectivity index (χ2n) is 8.41. The van der Waals surface area contributed by atoms with Crippen molar-refractivity contribution in [2.24, 2.45) is 0 Å². The average molecular weight is 372 g/mol. The molecule has 0 unspecified atom stereocenters. The number of H-pyrrole nitrogens is 1. The number of aromatic amines is 1. The first-order valence-electron chi connectivity index (χ1n) is 10.6. The molecule has 27 heavy (non-hydrogen) atoms. The van der Waals surface area contributed by atoms with Gasteiger partial charge in [0, 0.05) is 31.8 Å². The van der Waals surface area contributed by atoms with Gasteiger partial charge in [0.25, 0.3) is 0 Å². The van der Waals surface area contributed by atoms with Gasteiger partial charge in [-0.1, -0.05) is 0 Å². The maximum atomic E-state index is 12.6. The van der Waals surface area contributed by atoms with Crippen molar-refractivity contribution in [3.63, 3.8) is 0 Å². The Balaban J connectivity index is 1.43. The zero-order valence-corrected chi connectivity index (χ0v) is 17.0. The number of ether oxygens (including phenoxy) is 1. The molecule has 0 bridgehead atoms. The van der Waals surface area contributed by atoms with E-state index in [-0.39, 0.29) is 5.69 Å². The quantitative estimate of drug-likeness (QED) is 0.886. The first-order chi connectivity index (χ1) is 13.1. The van der Waals surface area contributed by atoms with Gasteiger partial charge in [0.2, 0.25) is 0 Å². The summed E-state index contributed by atoms with van der Waals surface area (Å²) in [6, 6.07) is 5.29. The molecule has 1 saturated carbocycles. The van der Waals surface area contributed by atoms with Crippen molar-refractivity contribution < 1.29 is 4.74 Å². The highest BCUT2D eigenvalue weighted by Gasteiger charge is 2.30. The van der Waals surface area contributed by atoms with E-state index >= 15 is 0 Å². The van der Waals surface area contributed by atoms with Gasteiger partial charge in [0.15, 0.2) is 0 Å². The average Bonchev–Trinajstić information content (AvgIpc) is 2.98. The third-order valence-corrected chi connectivity index (χ3v) is 6.76. The molecule has 0 atom stereocenters. The van der Waals surface area contributed by atoms with Crippen molar-refractivity contribution in [1.29, 1.82) is 0 Å². The van der Waals surface area contributed by atoms with Crippen LogP contribution in [0.5, 0.6) is 0 Å². The zero-order valence-electron chi connectivity index (χ0n) is 17.0. The smallest absolute Gasteiger partial charge is 0.326 e. The molecule has 1 N–H and O–H groups in total. The molecule has 0 amide bonds. The SMILES string of the molecule is CCO[C@H]1CC[C@H](N2CCC(n3c(=O)[nH]c4cc(C)c(C)cc43)CC2)CC1. The highest BCUT2D eigenvalue weighted by Crippen LogP contribution is 2.31. The van der Waals surface area contributed by atoms with Crippen LogP contribution in [0.1, 0.15) is 62.6 Å². The third-order valence-electron chi connectivity index (χ3n) is 6.76. The van der Waals surface area contributed by atoms with Gasteiger partial charge in [-0.25, -0.2) is 4.79 Å². The minimum atomic E-state index is 0.0469. The largest absolute Gasteiger partial charge is 0.379 e. The minimum Gasteiger partial charge on any atom is -0.379 e. The van der Waals surface area contributed by atoms with Crippen LogP contribution in [0.15, 0.2) is 16.9 Å². The van der Waals surface area contributed by atoms with Gasteiger partial charge in [0.05, 0.1) is 17.1 Å². The summed E-state index contributed by atoms with van der Waals surface area (Å²) in [7, 11) is 0. The molecule has 1 aromatic carbocycles. The molecular formula is C22H33N3O2. The van der Waals surface area contributed by atoms with Gasteiger partial charge in [-0.3, -0.25) is 4.57 Å². The van der Waals surface area contributed by atoms with E-state index in [0.29, 0.717) is 18.2 Å². The summed E-state index contributed by atoms with van der Waals surface area (Å²) in [5.74, 6) is 0. The van der Waals surface area contributed by atoms with E-state index in [1.54, 1.807) is 0 Å². The van der Waals surface area contributed by atoms with E-state index in [1.165, 1.54) is 36.8 Å². The number of hydrogen-bond acceptors (Lipinski definition) is 3. The predicted molar refractivity (Wildman–Crippen MR) is 110 cm³/mol. The molecule has 2 aliphatic rings. The normalized spacial score (nSPS) is 25.3. The summed E-state index contributed by atoms with van der Waals surface area (Å²) in [5, 5.41) is 0. The Bertz CT molecular complexity index is 837. The predicted octanol–water partition coefficient (Wildman–Crippen LogP) is 3.93. The Kier molecular flexibility index (Phi) is 5.42.